The highest BCUT2D eigenvalue weighted by atomic mass is 31.2. The number of phosphoric acid groups is 2. The standard InChI is InChI=1S/C74H144O17P2/c1-7-9-11-13-15-17-18-19-22-27-34-40-46-52-58-73(78)90-69(62-84-71(76)56-50-44-38-30-16-14-12-10-8-2)64-88-92(80,81)86-60-68(75)61-87-93(82,83)89-65-70(63-85-72(77)57-51-45-39-33-29-24-26-32-37-43-49-55-67(5)6)91-74(79)59-53-47-41-35-28-23-20-21-25-31-36-42-48-54-66(3)4/h66-70,75H,7-65H2,1-6H3,(H,80,81)(H,82,83)/t68-,69+,70+/m0/s1. The van der Waals surface area contributed by atoms with E-state index >= 15 is 0 Å². The minimum Gasteiger partial charge on any atom is -0.462 e. The van der Waals surface area contributed by atoms with Gasteiger partial charge in [-0.1, -0.05) is 330 Å². The molecule has 3 N–H and O–H groups in total. The quantitative estimate of drug-likeness (QED) is 0.0222. The van der Waals surface area contributed by atoms with Crippen molar-refractivity contribution in [1.82, 2.24) is 0 Å². The predicted octanol–water partition coefficient (Wildman–Crippen LogP) is 21.6. The fraction of sp³-hybridized carbons (Fsp3) is 0.946. The maximum absolute atomic E-state index is 13.1. The molecule has 0 aromatic heterocycles. The molecule has 0 aromatic rings. The molecule has 552 valence electrons. The smallest absolute Gasteiger partial charge is 0.462 e. The molecular formula is C74H144O17P2. The molecule has 0 spiro atoms. The number of unbranched alkanes of at least 4 members (excludes halogenated alkanes) is 43. The molecule has 0 saturated carbocycles. The molecule has 0 fully saturated rings. The summed E-state index contributed by atoms with van der Waals surface area (Å²) in [6.45, 7) is 9.59. The van der Waals surface area contributed by atoms with Gasteiger partial charge >= 0.3 is 39.5 Å². The van der Waals surface area contributed by atoms with E-state index in [0.29, 0.717) is 25.7 Å². The largest absolute Gasteiger partial charge is 0.472 e. The first-order valence-electron chi connectivity index (χ1n) is 38.5. The monoisotopic (exact) mass is 1370 g/mol. The van der Waals surface area contributed by atoms with Crippen molar-refractivity contribution in [3.63, 3.8) is 0 Å². The molecule has 0 heterocycles. The summed E-state index contributed by atoms with van der Waals surface area (Å²) in [7, 11) is -9.91. The van der Waals surface area contributed by atoms with Crippen molar-refractivity contribution in [3.8, 4) is 0 Å². The van der Waals surface area contributed by atoms with Gasteiger partial charge in [-0.2, -0.15) is 0 Å². The summed E-state index contributed by atoms with van der Waals surface area (Å²) in [5.41, 5.74) is 0. The second kappa shape index (κ2) is 66.0. The summed E-state index contributed by atoms with van der Waals surface area (Å²) in [5.74, 6) is -0.560. The summed E-state index contributed by atoms with van der Waals surface area (Å²) in [6.07, 6.45) is 52.6. The van der Waals surface area contributed by atoms with Gasteiger partial charge in [0, 0.05) is 25.7 Å². The molecule has 2 unspecified atom stereocenters. The van der Waals surface area contributed by atoms with Crippen LogP contribution in [0.4, 0.5) is 0 Å². The lowest BCUT2D eigenvalue weighted by Gasteiger charge is -2.21. The second-order valence-corrected chi connectivity index (χ2v) is 30.5. The average Bonchev–Trinajstić information content (AvgIpc) is 1.63. The van der Waals surface area contributed by atoms with E-state index in [4.69, 9.17) is 37.0 Å². The first-order chi connectivity index (χ1) is 44.9. The number of hydrogen-bond acceptors (Lipinski definition) is 15. The molecule has 0 rings (SSSR count). The van der Waals surface area contributed by atoms with Crippen LogP contribution in [0.5, 0.6) is 0 Å². The Hall–Kier alpha value is -1.94. The van der Waals surface area contributed by atoms with E-state index in [2.05, 4.69) is 41.5 Å². The molecule has 0 amide bonds. The second-order valence-electron chi connectivity index (χ2n) is 27.6. The third kappa shape index (κ3) is 68.4. The van der Waals surface area contributed by atoms with Crippen molar-refractivity contribution < 1.29 is 80.2 Å². The van der Waals surface area contributed by atoms with Crippen LogP contribution in [0, 0.1) is 11.8 Å². The number of rotatable bonds is 73. The van der Waals surface area contributed by atoms with Gasteiger partial charge < -0.3 is 33.8 Å². The van der Waals surface area contributed by atoms with Crippen LogP contribution in [-0.4, -0.2) is 96.7 Å². The summed E-state index contributed by atoms with van der Waals surface area (Å²) in [5, 5.41) is 10.6. The topological polar surface area (TPSA) is 237 Å². The normalized spacial score (nSPS) is 14.1. The van der Waals surface area contributed by atoms with Gasteiger partial charge in [0.25, 0.3) is 0 Å². The highest BCUT2D eigenvalue weighted by molar-refractivity contribution is 7.47. The molecule has 0 aliphatic heterocycles. The summed E-state index contributed by atoms with van der Waals surface area (Å²) < 4.78 is 68.4. The van der Waals surface area contributed by atoms with E-state index in [1.54, 1.807) is 0 Å². The predicted molar refractivity (Wildman–Crippen MR) is 377 cm³/mol. The Morgan fingerprint density at radius 3 is 0.731 bits per heavy atom. The molecule has 0 aliphatic carbocycles. The Bertz CT molecular complexity index is 1800. The molecule has 93 heavy (non-hydrogen) atoms. The van der Waals surface area contributed by atoms with Crippen LogP contribution in [0.1, 0.15) is 382 Å². The third-order valence-electron chi connectivity index (χ3n) is 17.2. The Balaban J connectivity index is 5.24. The van der Waals surface area contributed by atoms with Gasteiger partial charge in [0.05, 0.1) is 26.4 Å². The number of ether oxygens (including phenoxy) is 4. The fourth-order valence-corrected chi connectivity index (χ4v) is 12.9. The molecule has 19 heteroatoms. The number of aliphatic hydroxyl groups excluding tert-OH is 1. The third-order valence-corrected chi connectivity index (χ3v) is 19.1. The Morgan fingerprint density at radius 2 is 0.495 bits per heavy atom. The number of aliphatic hydroxyl groups is 1. The molecule has 0 bridgehead atoms. The van der Waals surface area contributed by atoms with Gasteiger partial charge in [-0.05, 0) is 37.5 Å². The van der Waals surface area contributed by atoms with Gasteiger partial charge in [-0.15, -0.1) is 0 Å². The van der Waals surface area contributed by atoms with Crippen LogP contribution >= 0.6 is 15.6 Å². The highest BCUT2D eigenvalue weighted by Gasteiger charge is 2.30. The van der Waals surface area contributed by atoms with Crippen LogP contribution < -0.4 is 0 Å². The number of carbonyl (C=O) groups is 4. The fourth-order valence-electron chi connectivity index (χ4n) is 11.3. The molecular weight excluding hydrogens is 1220 g/mol. The Morgan fingerprint density at radius 1 is 0.290 bits per heavy atom. The van der Waals surface area contributed by atoms with Crippen LogP contribution in [0.25, 0.3) is 0 Å². The molecule has 0 radical (unpaired) electrons. The first-order valence-corrected chi connectivity index (χ1v) is 41.5. The number of hydrogen-bond donors (Lipinski definition) is 3. The summed E-state index contributed by atoms with van der Waals surface area (Å²) >= 11 is 0. The SMILES string of the molecule is CCCCCCCCCCCCCCCCC(=O)O[C@H](COC(=O)CCCCCCCCCCC)COP(=O)(O)OC[C@H](O)COP(=O)(O)OC[C@@H](COC(=O)CCCCCCCCCCCCCC(C)C)OC(=O)CCCCCCCCCCCCCCCC(C)C. The summed E-state index contributed by atoms with van der Waals surface area (Å²) in [6, 6.07) is 0. The van der Waals surface area contributed by atoms with Crippen molar-refractivity contribution >= 4 is 39.5 Å². The zero-order chi connectivity index (χ0) is 68.6. The van der Waals surface area contributed by atoms with Gasteiger partial charge in [0.2, 0.25) is 0 Å². The van der Waals surface area contributed by atoms with Crippen molar-refractivity contribution in [2.24, 2.45) is 11.8 Å². The summed E-state index contributed by atoms with van der Waals surface area (Å²) in [4.78, 5) is 72.7. The van der Waals surface area contributed by atoms with E-state index in [0.717, 1.165) is 102 Å². The van der Waals surface area contributed by atoms with E-state index < -0.39 is 97.5 Å². The Kier molecular flexibility index (Phi) is 64.6. The van der Waals surface area contributed by atoms with Gasteiger partial charge in [-0.25, -0.2) is 9.13 Å². The minimum absolute atomic E-state index is 0.107. The van der Waals surface area contributed by atoms with Crippen LogP contribution in [0.15, 0.2) is 0 Å². The first kappa shape index (κ1) is 91.1. The van der Waals surface area contributed by atoms with E-state index in [1.165, 1.54) is 199 Å². The lowest BCUT2D eigenvalue weighted by Crippen LogP contribution is -2.30. The molecule has 0 aromatic carbocycles. The van der Waals surface area contributed by atoms with Crippen molar-refractivity contribution in [2.75, 3.05) is 39.6 Å². The minimum atomic E-state index is -4.96. The van der Waals surface area contributed by atoms with Crippen LogP contribution in [0.3, 0.4) is 0 Å². The maximum Gasteiger partial charge on any atom is 0.472 e. The van der Waals surface area contributed by atoms with E-state index in [1.807, 2.05) is 0 Å². The lowest BCUT2D eigenvalue weighted by atomic mass is 10.0. The maximum atomic E-state index is 13.1. The van der Waals surface area contributed by atoms with Crippen LogP contribution in [-0.2, 0) is 65.4 Å². The van der Waals surface area contributed by atoms with Gasteiger partial charge in [0.15, 0.2) is 12.2 Å². The van der Waals surface area contributed by atoms with Gasteiger partial charge in [0.1, 0.15) is 19.3 Å². The lowest BCUT2D eigenvalue weighted by molar-refractivity contribution is -0.161. The zero-order valence-electron chi connectivity index (χ0n) is 60.6. The van der Waals surface area contributed by atoms with Gasteiger partial charge in [-0.3, -0.25) is 37.3 Å². The van der Waals surface area contributed by atoms with E-state index in [-0.39, 0.29) is 25.7 Å². The van der Waals surface area contributed by atoms with Crippen molar-refractivity contribution in [1.29, 1.82) is 0 Å². The molecule has 0 aliphatic rings. The van der Waals surface area contributed by atoms with Crippen LogP contribution in [0.2, 0.25) is 0 Å². The van der Waals surface area contributed by atoms with Crippen molar-refractivity contribution in [2.45, 2.75) is 400 Å². The molecule has 5 atom stereocenters. The zero-order valence-corrected chi connectivity index (χ0v) is 62.3. The van der Waals surface area contributed by atoms with E-state index in [9.17, 15) is 43.2 Å². The molecule has 0 saturated heterocycles. The molecule has 17 nitrogen and oxygen atoms in total. The highest BCUT2D eigenvalue weighted by Crippen LogP contribution is 2.45. The average molecular weight is 1370 g/mol. The number of esters is 4. The number of phosphoric ester groups is 2. The van der Waals surface area contributed by atoms with Crippen molar-refractivity contribution in [3.05, 3.63) is 0 Å². The number of carbonyl (C=O) groups excluding carboxylic acids is 4. The Labute approximate surface area is 568 Å².